The smallest absolute Gasteiger partial charge is 0.252 e. The van der Waals surface area contributed by atoms with Crippen LogP contribution >= 0.6 is 0 Å². The molecule has 0 spiro atoms. The molecular weight excluding hydrogens is 422 g/mol. The number of hydrogen-bond acceptors (Lipinski definition) is 7. The molecule has 0 bridgehead atoms. The molecule has 0 aromatic heterocycles. The molecule has 1 saturated heterocycles. The molecule has 9 heteroatoms. The van der Waals surface area contributed by atoms with Crippen molar-refractivity contribution in [2.75, 3.05) is 43.5 Å². The minimum absolute atomic E-state index is 0.0396. The van der Waals surface area contributed by atoms with E-state index in [2.05, 4.69) is 20.5 Å². The molecule has 0 saturated carbocycles. The van der Waals surface area contributed by atoms with Crippen molar-refractivity contribution in [1.82, 2.24) is 10.2 Å². The number of nitrogens with zero attached hydrogens (tertiary/aromatic N) is 3. The predicted molar refractivity (Wildman–Crippen MR) is 126 cm³/mol. The number of hydrogen-bond donors (Lipinski definition) is 2. The summed E-state index contributed by atoms with van der Waals surface area (Å²) in [6, 6.07) is 13.8. The second kappa shape index (κ2) is 9.72. The van der Waals surface area contributed by atoms with Gasteiger partial charge in [-0.05, 0) is 55.5 Å². The Bertz CT molecular complexity index is 1060. The van der Waals surface area contributed by atoms with Crippen molar-refractivity contribution < 1.29 is 19.1 Å². The summed E-state index contributed by atoms with van der Waals surface area (Å²) in [5.74, 6) is 0.730. The number of anilines is 2. The Morgan fingerprint density at radius 3 is 2.27 bits per heavy atom. The fraction of sp³-hybridized carbons (Fsp3) is 0.333. The number of amides is 2. The van der Waals surface area contributed by atoms with Gasteiger partial charge in [0.1, 0.15) is 11.8 Å². The van der Waals surface area contributed by atoms with Gasteiger partial charge < -0.3 is 19.9 Å². The van der Waals surface area contributed by atoms with E-state index in [1.165, 1.54) is 6.92 Å². The molecule has 1 atom stereocenters. The van der Waals surface area contributed by atoms with Gasteiger partial charge in [-0.2, -0.15) is 0 Å². The van der Waals surface area contributed by atoms with Crippen LogP contribution in [0.5, 0.6) is 5.75 Å². The van der Waals surface area contributed by atoms with E-state index in [9.17, 15) is 14.4 Å². The zero-order valence-corrected chi connectivity index (χ0v) is 18.7. The molecular formula is C24H27N5O4. The Balaban J connectivity index is 1.30. The van der Waals surface area contributed by atoms with Gasteiger partial charge >= 0.3 is 0 Å². The van der Waals surface area contributed by atoms with Gasteiger partial charge in [0, 0.05) is 43.1 Å². The first kappa shape index (κ1) is 22.3. The van der Waals surface area contributed by atoms with E-state index in [-0.39, 0.29) is 24.0 Å². The van der Waals surface area contributed by atoms with E-state index in [1.807, 2.05) is 29.2 Å². The molecule has 2 heterocycles. The van der Waals surface area contributed by atoms with Crippen LogP contribution in [0.15, 0.2) is 53.5 Å². The summed E-state index contributed by atoms with van der Waals surface area (Å²) in [4.78, 5) is 44.9. The summed E-state index contributed by atoms with van der Waals surface area (Å²) in [7, 11) is 1.65. The van der Waals surface area contributed by atoms with Crippen molar-refractivity contribution in [2.45, 2.75) is 19.4 Å². The number of ketones is 1. The Hall–Kier alpha value is -3.88. The third-order valence-electron chi connectivity index (χ3n) is 5.79. The molecule has 0 unspecified atom stereocenters. The third kappa shape index (κ3) is 5.31. The lowest BCUT2D eigenvalue weighted by molar-refractivity contribution is -0.123. The number of piperazine rings is 1. The number of carbonyl (C=O) groups excluding carboxylic acids is 3. The highest BCUT2D eigenvalue weighted by Gasteiger charge is 2.32. The van der Waals surface area contributed by atoms with Gasteiger partial charge in [0.15, 0.2) is 5.78 Å². The molecule has 2 aromatic carbocycles. The topological polar surface area (TPSA) is 103 Å². The van der Waals surface area contributed by atoms with E-state index in [1.54, 1.807) is 31.4 Å². The van der Waals surface area contributed by atoms with Gasteiger partial charge in [-0.15, -0.1) is 0 Å². The van der Waals surface area contributed by atoms with Crippen LogP contribution < -0.4 is 20.3 Å². The number of ether oxygens (including phenoxy) is 1. The van der Waals surface area contributed by atoms with Gasteiger partial charge in [-0.25, -0.2) is 4.99 Å². The van der Waals surface area contributed by atoms with Crippen LogP contribution in [-0.4, -0.2) is 67.8 Å². The van der Waals surface area contributed by atoms with E-state index >= 15 is 0 Å². The van der Waals surface area contributed by atoms with E-state index in [0.717, 1.165) is 24.5 Å². The maximum atomic E-state index is 12.4. The molecule has 2 aromatic rings. The molecule has 2 aliphatic heterocycles. The Labute approximate surface area is 192 Å². The monoisotopic (exact) mass is 449 g/mol. The van der Waals surface area contributed by atoms with Crippen LogP contribution in [-0.2, 0) is 9.59 Å². The predicted octanol–water partition coefficient (Wildman–Crippen LogP) is 1.90. The van der Waals surface area contributed by atoms with Crippen molar-refractivity contribution in [2.24, 2.45) is 4.99 Å². The van der Waals surface area contributed by atoms with Crippen LogP contribution in [0, 0.1) is 0 Å². The molecule has 0 radical (unpaired) electrons. The van der Waals surface area contributed by atoms with Crippen LogP contribution in [0.4, 0.5) is 11.4 Å². The van der Waals surface area contributed by atoms with Crippen molar-refractivity contribution in [3.63, 3.8) is 0 Å². The number of carbonyl (C=O) groups is 3. The molecule has 0 aliphatic carbocycles. The van der Waals surface area contributed by atoms with E-state index in [0.29, 0.717) is 30.3 Å². The van der Waals surface area contributed by atoms with Crippen molar-refractivity contribution in [3.05, 3.63) is 54.1 Å². The molecule has 2 amide bonds. The first-order valence-electron chi connectivity index (χ1n) is 10.9. The largest absolute Gasteiger partial charge is 0.497 e. The minimum Gasteiger partial charge on any atom is -0.497 e. The average Bonchev–Trinajstić information content (AvgIpc) is 3.19. The highest BCUT2D eigenvalue weighted by Crippen LogP contribution is 2.21. The number of rotatable bonds is 6. The van der Waals surface area contributed by atoms with Gasteiger partial charge in [0.05, 0.1) is 13.5 Å². The van der Waals surface area contributed by atoms with Crippen LogP contribution in [0.3, 0.4) is 0 Å². The molecule has 4 rings (SSSR count). The first-order valence-corrected chi connectivity index (χ1v) is 10.9. The SMILES string of the molecule is COc1ccc(N2CCN(C3=N[C@H](CC(=O)Nc4ccc(C(C)=O)cc4)C(=O)N3)CC2)cc1. The maximum Gasteiger partial charge on any atom is 0.252 e. The normalized spacial score (nSPS) is 17.9. The van der Waals surface area contributed by atoms with Crippen molar-refractivity contribution in [1.29, 1.82) is 0 Å². The fourth-order valence-electron chi connectivity index (χ4n) is 3.88. The summed E-state index contributed by atoms with van der Waals surface area (Å²) < 4.78 is 5.21. The van der Waals surface area contributed by atoms with Crippen molar-refractivity contribution in [3.8, 4) is 5.75 Å². The Kier molecular flexibility index (Phi) is 6.58. The van der Waals surface area contributed by atoms with E-state index < -0.39 is 6.04 Å². The molecule has 1 fully saturated rings. The number of Topliss-reactive ketones (excluding diaryl/α,β-unsaturated/α-hetero) is 1. The highest BCUT2D eigenvalue weighted by atomic mass is 16.5. The zero-order valence-electron chi connectivity index (χ0n) is 18.7. The number of benzene rings is 2. The lowest BCUT2D eigenvalue weighted by Gasteiger charge is -2.36. The Morgan fingerprint density at radius 2 is 1.67 bits per heavy atom. The van der Waals surface area contributed by atoms with Gasteiger partial charge in [0.25, 0.3) is 5.91 Å². The molecule has 172 valence electrons. The minimum atomic E-state index is -0.754. The molecule has 9 nitrogen and oxygen atoms in total. The molecule has 2 aliphatic rings. The summed E-state index contributed by atoms with van der Waals surface area (Å²) in [6.45, 7) is 4.51. The standard InChI is InChI=1S/C24H27N5O4/c1-16(30)17-3-5-18(6-4-17)25-22(31)15-21-23(32)27-24(26-21)29-13-11-28(12-14-29)19-7-9-20(33-2)10-8-19/h3-10,21H,11-15H2,1-2H3,(H,25,31)(H,26,27,32)/t21-/m1/s1. The lowest BCUT2D eigenvalue weighted by Crippen LogP contribution is -2.52. The summed E-state index contributed by atoms with van der Waals surface area (Å²) >= 11 is 0. The van der Waals surface area contributed by atoms with Crippen molar-refractivity contribution >= 4 is 34.9 Å². The summed E-state index contributed by atoms with van der Waals surface area (Å²) in [5, 5.41) is 5.57. The van der Waals surface area contributed by atoms with Gasteiger partial charge in [-0.1, -0.05) is 0 Å². The quantitative estimate of drug-likeness (QED) is 0.653. The highest BCUT2D eigenvalue weighted by molar-refractivity contribution is 6.07. The van der Waals surface area contributed by atoms with Crippen LogP contribution in [0.1, 0.15) is 23.7 Å². The lowest BCUT2D eigenvalue weighted by atomic mass is 10.1. The maximum absolute atomic E-state index is 12.4. The van der Waals surface area contributed by atoms with Gasteiger partial charge in [0.2, 0.25) is 11.9 Å². The number of guanidine groups is 1. The van der Waals surface area contributed by atoms with Crippen LogP contribution in [0.25, 0.3) is 0 Å². The second-order valence-corrected chi connectivity index (χ2v) is 8.02. The zero-order chi connectivity index (χ0) is 23.4. The van der Waals surface area contributed by atoms with E-state index in [4.69, 9.17) is 4.74 Å². The Morgan fingerprint density at radius 1 is 1.03 bits per heavy atom. The van der Waals surface area contributed by atoms with Gasteiger partial charge in [-0.3, -0.25) is 19.7 Å². The molecule has 2 N–H and O–H groups in total. The number of methoxy groups -OCH3 is 1. The summed E-state index contributed by atoms with van der Waals surface area (Å²) in [5.41, 5.74) is 2.27. The second-order valence-electron chi connectivity index (χ2n) is 8.02. The molecule has 33 heavy (non-hydrogen) atoms. The first-order chi connectivity index (χ1) is 15.9. The number of nitrogens with one attached hydrogen (secondary N) is 2. The summed E-state index contributed by atoms with van der Waals surface area (Å²) in [6.07, 6.45) is -0.0460. The van der Waals surface area contributed by atoms with Crippen LogP contribution in [0.2, 0.25) is 0 Å². The third-order valence-corrected chi connectivity index (χ3v) is 5.79. The average molecular weight is 450 g/mol. The fourth-order valence-corrected chi connectivity index (χ4v) is 3.88. The number of aliphatic imine (C=N–C) groups is 1.